The standard InChI is InChI=1S/C19H25N5O2/c1-11(2)16(22-17(25)15-9-7-6-8-12(15)3)18(26)23-24-19-20-13(4)10-14(5)21-19/h6-11,16H,1-5H3,(H,22,25)(H,23,26)(H,20,21,24)/t16-/m0/s1. The van der Waals surface area contributed by atoms with E-state index >= 15 is 0 Å². The Morgan fingerprint density at radius 1 is 1.00 bits per heavy atom. The number of hydrogen-bond acceptors (Lipinski definition) is 5. The first kappa shape index (κ1) is 19.4. The minimum atomic E-state index is -0.694. The maximum atomic E-state index is 12.5. The van der Waals surface area contributed by atoms with Gasteiger partial charge in [-0.15, -0.1) is 0 Å². The molecule has 1 atom stereocenters. The van der Waals surface area contributed by atoms with Crippen LogP contribution >= 0.6 is 0 Å². The maximum absolute atomic E-state index is 12.5. The van der Waals surface area contributed by atoms with Crippen LogP contribution in [0.3, 0.4) is 0 Å². The molecule has 0 fully saturated rings. The third kappa shape index (κ3) is 5.02. The quantitative estimate of drug-likeness (QED) is 0.691. The molecule has 1 aromatic heterocycles. The molecule has 0 aliphatic heterocycles. The molecule has 0 radical (unpaired) electrons. The highest BCUT2D eigenvalue weighted by atomic mass is 16.2. The van der Waals surface area contributed by atoms with E-state index in [1.807, 2.05) is 52.8 Å². The number of carbonyl (C=O) groups is 2. The molecule has 0 spiro atoms. The lowest BCUT2D eigenvalue weighted by Gasteiger charge is -2.22. The largest absolute Gasteiger partial charge is 0.340 e. The second-order valence-electron chi connectivity index (χ2n) is 6.60. The van der Waals surface area contributed by atoms with Gasteiger partial charge in [0.25, 0.3) is 11.8 Å². The second-order valence-corrected chi connectivity index (χ2v) is 6.60. The van der Waals surface area contributed by atoms with Crippen molar-refractivity contribution in [3.8, 4) is 0 Å². The van der Waals surface area contributed by atoms with Crippen LogP contribution in [0.15, 0.2) is 30.3 Å². The van der Waals surface area contributed by atoms with Crippen molar-refractivity contribution in [2.24, 2.45) is 5.92 Å². The summed E-state index contributed by atoms with van der Waals surface area (Å²) in [6.07, 6.45) is 0. The first-order chi connectivity index (χ1) is 12.3. The Labute approximate surface area is 153 Å². The zero-order valence-electron chi connectivity index (χ0n) is 15.8. The van der Waals surface area contributed by atoms with E-state index in [1.54, 1.807) is 12.1 Å². The van der Waals surface area contributed by atoms with Gasteiger partial charge in [0.2, 0.25) is 5.95 Å². The number of hydrogen-bond donors (Lipinski definition) is 3. The average molecular weight is 355 g/mol. The van der Waals surface area contributed by atoms with E-state index in [1.165, 1.54) is 0 Å². The Balaban J connectivity index is 2.05. The number of amides is 2. The fraction of sp³-hybridized carbons (Fsp3) is 0.368. The summed E-state index contributed by atoms with van der Waals surface area (Å²) in [6, 6.07) is 8.41. The summed E-state index contributed by atoms with van der Waals surface area (Å²) < 4.78 is 0. The van der Waals surface area contributed by atoms with Crippen LogP contribution in [0, 0.1) is 26.7 Å². The van der Waals surface area contributed by atoms with Crippen molar-refractivity contribution in [2.75, 3.05) is 5.43 Å². The lowest BCUT2D eigenvalue weighted by atomic mass is 10.0. The fourth-order valence-electron chi connectivity index (χ4n) is 2.56. The highest BCUT2D eigenvalue weighted by molar-refractivity contribution is 5.98. The van der Waals surface area contributed by atoms with Gasteiger partial charge >= 0.3 is 0 Å². The summed E-state index contributed by atoms with van der Waals surface area (Å²) in [7, 11) is 0. The molecular weight excluding hydrogens is 330 g/mol. The molecule has 0 bridgehead atoms. The number of anilines is 1. The number of nitrogens with one attached hydrogen (secondary N) is 3. The molecule has 2 rings (SSSR count). The van der Waals surface area contributed by atoms with Crippen molar-refractivity contribution in [2.45, 2.75) is 40.7 Å². The Morgan fingerprint density at radius 3 is 2.19 bits per heavy atom. The smallest absolute Gasteiger partial charge is 0.261 e. The van der Waals surface area contributed by atoms with Gasteiger partial charge in [0.15, 0.2) is 0 Å². The first-order valence-electron chi connectivity index (χ1n) is 8.52. The van der Waals surface area contributed by atoms with Crippen LogP contribution in [-0.4, -0.2) is 27.8 Å². The van der Waals surface area contributed by atoms with E-state index in [2.05, 4.69) is 26.1 Å². The molecular formula is C19H25N5O2. The summed E-state index contributed by atoms with van der Waals surface area (Å²) in [5, 5.41) is 2.80. The molecule has 7 heteroatoms. The van der Waals surface area contributed by atoms with Crippen molar-refractivity contribution >= 4 is 17.8 Å². The Kier molecular flexibility index (Phi) is 6.27. The number of nitrogens with zero attached hydrogens (tertiary/aromatic N) is 2. The van der Waals surface area contributed by atoms with E-state index in [9.17, 15) is 9.59 Å². The fourth-order valence-corrected chi connectivity index (χ4v) is 2.56. The highest BCUT2D eigenvalue weighted by Crippen LogP contribution is 2.09. The van der Waals surface area contributed by atoms with E-state index in [-0.39, 0.29) is 17.7 Å². The third-order valence-electron chi connectivity index (χ3n) is 3.91. The normalized spacial score (nSPS) is 11.8. The summed E-state index contributed by atoms with van der Waals surface area (Å²) in [4.78, 5) is 33.5. The van der Waals surface area contributed by atoms with Gasteiger partial charge in [-0.2, -0.15) is 0 Å². The molecule has 7 nitrogen and oxygen atoms in total. The van der Waals surface area contributed by atoms with Gasteiger partial charge in [-0.25, -0.2) is 9.97 Å². The van der Waals surface area contributed by atoms with E-state index < -0.39 is 6.04 Å². The van der Waals surface area contributed by atoms with Crippen molar-refractivity contribution in [3.63, 3.8) is 0 Å². The predicted octanol–water partition coefficient (Wildman–Crippen LogP) is 2.30. The summed E-state index contributed by atoms with van der Waals surface area (Å²) in [5.41, 5.74) is 8.29. The van der Waals surface area contributed by atoms with Gasteiger partial charge in [-0.05, 0) is 44.4 Å². The zero-order chi connectivity index (χ0) is 19.3. The minimum absolute atomic E-state index is 0.0927. The van der Waals surface area contributed by atoms with Crippen LogP contribution in [0.4, 0.5) is 5.95 Å². The van der Waals surface area contributed by atoms with Crippen LogP contribution in [0.1, 0.15) is 41.2 Å². The molecule has 1 aromatic carbocycles. The van der Waals surface area contributed by atoms with Gasteiger partial charge in [-0.1, -0.05) is 32.0 Å². The minimum Gasteiger partial charge on any atom is -0.340 e. The number of aryl methyl sites for hydroxylation is 3. The molecule has 2 amide bonds. The number of benzene rings is 1. The molecule has 1 heterocycles. The summed E-state index contributed by atoms with van der Waals surface area (Å²) >= 11 is 0. The monoisotopic (exact) mass is 355 g/mol. The second kappa shape index (κ2) is 8.42. The predicted molar refractivity (Wildman–Crippen MR) is 101 cm³/mol. The molecule has 2 aromatic rings. The van der Waals surface area contributed by atoms with Crippen molar-refractivity contribution in [3.05, 3.63) is 52.8 Å². The van der Waals surface area contributed by atoms with Gasteiger partial charge in [0.1, 0.15) is 6.04 Å². The molecule has 0 saturated carbocycles. The Hall–Kier alpha value is -2.96. The molecule has 0 saturated heterocycles. The number of hydrazine groups is 1. The summed E-state index contributed by atoms with van der Waals surface area (Å²) in [6.45, 7) is 9.30. The lowest BCUT2D eigenvalue weighted by Crippen LogP contribution is -2.51. The van der Waals surface area contributed by atoms with E-state index in [0.717, 1.165) is 17.0 Å². The van der Waals surface area contributed by atoms with Crippen molar-refractivity contribution < 1.29 is 9.59 Å². The molecule has 0 aliphatic carbocycles. The molecule has 26 heavy (non-hydrogen) atoms. The SMILES string of the molecule is Cc1cc(C)nc(NNC(=O)[C@@H](NC(=O)c2ccccc2C)C(C)C)n1. The lowest BCUT2D eigenvalue weighted by molar-refractivity contribution is -0.123. The number of aromatic nitrogens is 2. The zero-order valence-corrected chi connectivity index (χ0v) is 15.8. The first-order valence-corrected chi connectivity index (χ1v) is 8.52. The van der Waals surface area contributed by atoms with Crippen LogP contribution in [0.2, 0.25) is 0 Å². The molecule has 3 N–H and O–H groups in total. The maximum Gasteiger partial charge on any atom is 0.261 e. The topological polar surface area (TPSA) is 96.0 Å². The Bertz CT molecular complexity index is 784. The molecule has 0 aliphatic rings. The third-order valence-corrected chi connectivity index (χ3v) is 3.91. The van der Waals surface area contributed by atoms with Crippen molar-refractivity contribution in [1.29, 1.82) is 0 Å². The molecule has 138 valence electrons. The van der Waals surface area contributed by atoms with E-state index in [0.29, 0.717) is 11.5 Å². The van der Waals surface area contributed by atoms with Crippen LogP contribution in [0.25, 0.3) is 0 Å². The van der Waals surface area contributed by atoms with Gasteiger partial charge in [0, 0.05) is 17.0 Å². The number of rotatable bonds is 6. The van der Waals surface area contributed by atoms with Crippen LogP contribution in [0.5, 0.6) is 0 Å². The van der Waals surface area contributed by atoms with Gasteiger partial charge < -0.3 is 5.32 Å². The average Bonchev–Trinajstić information content (AvgIpc) is 2.56. The van der Waals surface area contributed by atoms with Crippen LogP contribution in [-0.2, 0) is 4.79 Å². The van der Waals surface area contributed by atoms with Gasteiger partial charge in [-0.3, -0.25) is 20.4 Å². The van der Waals surface area contributed by atoms with Crippen LogP contribution < -0.4 is 16.2 Å². The Morgan fingerprint density at radius 2 is 1.62 bits per heavy atom. The van der Waals surface area contributed by atoms with Gasteiger partial charge in [0.05, 0.1) is 0 Å². The van der Waals surface area contributed by atoms with E-state index in [4.69, 9.17) is 0 Å². The highest BCUT2D eigenvalue weighted by Gasteiger charge is 2.25. The molecule has 0 unspecified atom stereocenters. The van der Waals surface area contributed by atoms with Crippen molar-refractivity contribution in [1.82, 2.24) is 20.7 Å². The number of carbonyl (C=O) groups excluding carboxylic acids is 2. The summed E-state index contributed by atoms with van der Waals surface area (Å²) in [5.74, 6) is -0.419.